The fourth-order valence-electron chi connectivity index (χ4n) is 3.67. The van der Waals surface area contributed by atoms with Gasteiger partial charge in [-0.3, -0.25) is 4.79 Å². The van der Waals surface area contributed by atoms with E-state index >= 15 is 0 Å². The van der Waals surface area contributed by atoms with E-state index in [1.165, 1.54) is 23.5 Å². The highest BCUT2D eigenvalue weighted by atomic mass is 32.1. The van der Waals surface area contributed by atoms with Gasteiger partial charge >= 0.3 is 0 Å². The average molecular weight is 433 g/mol. The largest absolute Gasteiger partial charge is 0.371 e. The predicted octanol–water partition coefficient (Wildman–Crippen LogP) is 4.60. The van der Waals surface area contributed by atoms with Crippen molar-refractivity contribution in [1.82, 2.24) is 10.3 Å². The zero-order valence-corrected chi connectivity index (χ0v) is 18.3. The fraction of sp³-hybridized carbons (Fsp3) is 0.429. The van der Waals surface area contributed by atoms with Crippen molar-refractivity contribution in [3.63, 3.8) is 0 Å². The topological polar surface area (TPSA) is 48.5 Å². The highest BCUT2D eigenvalue weighted by Crippen LogP contribution is 2.34. The molecule has 8 heteroatoms. The van der Waals surface area contributed by atoms with Crippen molar-refractivity contribution in [2.45, 2.75) is 20.3 Å². The van der Waals surface area contributed by atoms with Gasteiger partial charge in [0.25, 0.3) is 5.91 Å². The minimum Gasteiger partial charge on any atom is -0.371 e. The van der Waals surface area contributed by atoms with E-state index in [-0.39, 0.29) is 11.7 Å². The number of thiazole rings is 1. The van der Waals surface area contributed by atoms with Gasteiger partial charge in [-0.15, -0.1) is 11.3 Å². The molecule has 1 atom stereocenters. The molecule has 5 nitrogen and oxygen atoms in total. The molecule has 4 rings (SSSR count). The zero-order valence-electron chi connectivity index (χ0n) is 16.7. The third kappa shape index (κ3) is 4.38. The Bertz CT molecular complexity index is 949. The molecule has 1 aliphatic rings. The summed E-state index contributed by atoms with van der Waals surface area (Å²) in [7, 11) is 0. The molecular formula is C21H25FN4OS2. The predicted molar refractivity (Wildman–Crippen MR) is 120 cm³/mol. The number of amides is 1. The SMILES string of the molecule is CCN(CC)c1nc2sc(C(=O)NCC3CCN(c4ccc(F)cc4)C3)cc2s1. The van der Waals surface area contributed by atoms with Gasteiger partial charge in [-0.1, -0.05) is 11.3 Å². The summed E-state index contributed by atoms with van der Waals surface area (Å²) in [6.07, 6.45) is 1.02. The smallest absolute Gasteiger partial charge is 0.261 e. The monoisotopic (exact) mass is 432 g/mol. The van der Waals surface area contributed by atoms with Gasteiger partial charge in [0, 0.05) is 38.4 Å². The first-order valence-corrected chi connectivity index (χ1v) is 11.6. The Hall–Kier alpha value is -2.19. The van der Waals surface area contributed by atoms with Crippen LogP contribution in [0.1, 0.15) is 29.9 Å². The zero-order chi connectivity index (χ0) is 20.4. The van der Waals surface area contributed by atoms with Crippen LogP contribution in [0.5, 0.6) is 0 Å². The molecule has 3 heterocycles. The highest BCUT2D eigenvalue weighted by Gasteiger charge is 2.24. The summed E-state index contributed by atoms with van der Waals surface area (Å²) in [5.41, 5.74) is 1.04. The Morgan fingerprint density at radius 3 is 2.72 bits per heavy atom. The number of hydrogen-bond acceptors (Lipinski definition) is 6. The molecule has 0 spiro atoms. The van der Waals surface area contributed by atoms with Gasteiger partial charge in [0.05, 0.1) is 9.58 Å². The molecule has 1 fully saturated rings. The lowest BCUT2D eigenvalue weighted by atomic mass is 10.1. The number of carbonyl (C=O) groups is 1. The van der Waals surface area contributed by atoms with E-state index in [0.29, 0.717) is 12.5 Å². The molecule has 0 bridgehead atoms. The molecule has 1 saturated heterocycles. The van der Waals surface area contributed by atoms with Crippen LogP contribution in [0, 0.1) is 11.7 Å². The van der Waals surface area contributed by atoms with E-state index in [4.69, 9.17) is 4.98 Å². The molecule has 29 heavy (non-hydrogen) atoms. The maximum absolute atomic E-state index is 13.1. The maximum Gasteiger partial charge on any atom is 0.261 e. The highest BCUT2D eigenvalue weighted by molar-refractivity contribution is 7.29. The standard InChI is InChI=1S/C21H25FN4OS2/c1-3-25(4-2)21-24-20-18(29-21)11-17(28-20)19(27)23-12-14-9-10-26(13-14)16-7-5-15(22)6-8-16/h5-8,11,14H,3-4,9-10,12-13H2,1-2H3,(H,23,27). The first-order valence-electron chi connectivity index (χ1n) is 10.0. The molecule has 0 saturated carbocycles. The second kappa shape index (κ2) is 8.67. The molecule has 1 aromatic carbocycles. The quantitative estimate of drug-likeness (QED) is 0.593. The normalized spacial score (nSPS) is 16.5. The van der Waals surface area contributed by atoms with Crippen LogP contribution in [0.2, 0.25) is 0 Å². The van der Waals surface area contributed by atoms with Crippen molar-refractivity contribution in [2.75, 3.05) is 42.5 Å². The van der Waals surface area contributed by atoms with Crippen molar-refractivity contribution in [3.05, 3.63) is 41.0 Å². The van der Waals surface area contributed by atoms with Crippen molar-refractivity contribution >= 4 is 48.9 Å². The number of benzene rings is 1. The molecule has 1 unspecified atom stereocenters. The van der Waals surface area contributed by atoms with Crippen molar-refractivity contribution < 1.29 is 9.18 Å². The Kier molecular flexibility index (Phi) is 6.01. The van der Waals surface area contributed by atoms with Crippen LogP contribution < -0.4 is 15.1 Å². The number of fused-ring (bicyclic) bond motifs is 1. The maximum atomic E-state index is 13.1. The molecule has 0 aliphatic carbocycles. The summed E-state index contributed by atoms with van der Waals surface area (Å²) in [4.78, 5) is 23.4. The van der Waals surface area contributed by atoms with Crippen LogP contribution in [-0.4, -0.2) is 43.6 Å². The number of hydrogen-bond donors (Lipinski definition) is 1. The third-order valence-electron chi connectivity index (χ3n) is 5.36. The second-order valence-electron chi connectivity index (χ2n) is 7.24. The number of anilines is 2. The fourth-order valence-corrected chi connectivity index (χ4v) is 5.93. The summed E-state index contributed by atoms with van der Waals surface area (Å²) < 4.78 is 14.2. The van der Waals surface area contributed by atoms with Crippen LogP contribution in [0.15, 0.2) is 30.3 Å². The van der Waals surface area contributed by atoms with E-state index in [1.54, 1.807) is 11.3 Å². The lowest BCUT2D eigenvalue weighted by Crippen LogP contribution is -2.30. The summed E-state index contributed by atoms with van der Waals surface area (Å²) >= 11 is 3.11. The molecular weight excluding hydrogens is 407 g/mol. The Morgan fingerprint density at radius 1 is 1.28 bits per heavy atom. The van der Waals surface area contributed by atoms with Crippen molar-refractivity contribution in [2.24, 2.45) is 5.92 Å². The molecule has 3 aromatic rings. The van der Waals surface area contributed by atoms with Gasteiger partial charge < -0.3 is 15.1 Å². The molecule has 1 amide bonds. The summed E-state index contributed by atoms with van der Waals surface area (Å²) in [5, 5.41) is 4.11. The number of halogens is 1. The van der Waals surface area contributed by atoms with E-state index in [0.717, 1.165) is 57.8 Å². The Labute approximate surface area is 178 Å². The van der Waals surface area contributed by atoms with Crippen LogP contribution >= 0.6 is 22.7 Å². The number of thiophene rings is 1. The Balaban J connectivity index is 1.33. The lowest BCUT2D eigenvalue weighted by molar-refractivity contribution is 0.0952. The van der Waals surface area contributed by atoms with Crippen LogP contribution in [0.25, 0.3) is 9.53 Å². The first-order chi connectivity index (χ1) is 14.1. The number of carbonyl (C=O) groups excluding carboxylic acids is 1. The molecule has 0 radical (unpaired) electrons. The minimum atomic E-state index is -0.216. The van der Waals surface area contributed by atoms with Crippen molar-refractivity contribution in [1.29, 1.82) is 0 Å². The van der Waals surface area contributed by atoms with Gasteiger partial charge in [-0.2, -0.15) is 0 Å². The summed E-state index contributed by atoms with van der Waals surface area (Å²) in [5.74, 6) is 0.161. The lowest BCUT2D eigenvalue weighted by Gasteiger charge is -2.18. The average Bonchev–Trinajstić information content (AvgIpc) is 3.43. The van der Waals surface area contributed by atoms with Gasteiger partial charge in [0.1, 0.15) is 10.6 Å². The van der Waals surface area contributed by atoms with Crippen LogP contribution in [0.4, 0.5) is 15.2 Å². The van der Waals surface area contributed by atoms with Gasteiger partial charge in [0.15, 0.2) is 5.13 Å². The van der Waals surface area contributed by atoms with Gasteiger partial charge in [0.2, 0.25) is 0 Å². The number of nitrogens with zero attached hydrogens (tertiary/aromatic N) is 3. The van der Waals surface area contributed by atoms with Gasteiger partial charge in [-0.25, -0.2) is 9.37 Å². The van der Waals surface area contributed by atoms with Crippen molar-refractivity contribution in [3.8, 4) is 0 Å². The van der Waals surface area contributed by atoms with E-state index in [1.807, 2.05) is 18.2 Å². The van der Waals surface area contributed by atoms with E-state index in [2.05, 4.69) is 29.0 Å². The second-order valence-corrected chi connectivity index (χ2v) is 9.28. The number of nitrogens with one attached hydrogen (secondary N) is 1. The number of aromatic nitrogens is 1. The third-order valence-corrected chi connectivity index (χ3v) is 7.58. The molecule has 2 aromatic heterocycles. The van der Waals surface area contributed by atoms with Gasteiger partial charge in [-0.05, 0) is 56.5 Å². The van der Waals surface area contributed by atoms with E-state index < -0.39 is 0 Å². The minimum absolute atomic E-state index is 0.0233. The Morgan fingerprint density at radius 2 is 2.03 bits per heavy atom. The molecule has 154 valence electrons. The molecule has 1 aliphatic heterocycles. The van der Waals surface area contributed by atoms with Crippen LogP contribution in [0.3, 0.4) is 0 Å². The van der Waals surface area contributed by atoms with E-state index in [9.17, 15) is 9.18 Å². The van der Waals surface area contributed by atoms with Crippen LogP contribution in [-0.2, 0) is 0 Å². The summed E-state index contributed by atoms with van der Waals surface area (Å²) in [6.45, 7) is 8.57. The molecule has 1 N–H and O–H groups in total. The first kappa shape index (κ1) is 20.1. The summed E-state index contributed by atoms with van der Waals surface area (Å²) in [6, 6.07) is 8.57. The number of rotatable bonds is 7.